The zero-order valence-corrected chi connectivity index (χ0v) is 14.7. The number of para-hydroxylation sites is 2. The molecule has 0 spiro atoms. The van der Waals surface area contributed by atoms with Crippen molar-refractivity contribution in [3.05, 3.63) is 59.4 Å². The number of imidazole rings is 1. The van der Waals surface area contributed by atoms with Gasteiger partial charge in [-0.2, -0.15) is 0 Å². The van der Waals surface area contributed by atoms with Crippen LogP contribution in [0.25, 0.3) is 11.0 Å². The minimum absolute atomic E-state index is 0.156. The first-order valence-corrected chi connectivity index (χ1v) is 8.48. The molecule has 3 aromatic rings. The summed E-state index contributed by atoms with van der Waals surface area (Å²) >= 11 is 6.09. The van der Waals surface area contributed by atoms with Gasteiger partial charge in [-0.05, 0) is 37.3 Å². The van der Waals surface area contributed by atoms with Crippen molar-refractivity contribution < 1.29 is 14.3 Å². The van der Waals surface area contributed by atoms with E-state index in [-0.39, 0.29) is 13.2 Å². The summed E-state index contributed by atoms with van der Waals surface area (Å²) in [6.45, 7) is 2.07. The molecule has 26 heavy (non-hydrogen) atoms. The van der Waals surface area contributed by atoms with Crippen molar-refractivity contribution in [3.63, 3.8) is 0 Å². The van der Waals surface area contributed by atoms with E-state index >= 15 is 0 Å². The normalized spacial score (nSPS) is 13.8. The molecule has 132 valence electrons. The van der Waals surface area contributed by atoms with Gasteiger partial charge in [0.05, 0.1) is 29.9 Å². The number of rotatable bonds is 2. The molecule has 0 aliphatic carbocycles. The fourth-order valence-electron chi connectivity index (χ4n) is 3.00. The predicted molar refractivity (Wildman–Crippen MR) is 97.0 cm³/mol. The van der Waals surface area contributed by atoms with Crippen molar-refractivity contribution >= 4 is 40.4 Å². The first-order chi connectivity index (χ1) is 12.6. The summed E-state index contributed by atoms with van der Waals surface area (Å²) in [4.78, 5) is 30.2. The summed E-state index contributed by atoms with van der Waals surface area (Å²) in [7, 11) is 0. The van der Waals surface area contributed by atoms with E-state index in [0.717, 1.165) is 5.01 Å². The summed E-state index contributed by atoms with van der Waals surface area (Å²) in [5, 5.41) is 3.00. The van der Waals surface area contributed by atoms with Crippen molar-refractivity contribution in [3.8, 4) is 0 Å². The number of fused-ring (bicyclic) bond motifs is 3. The number of amides is 2. The van der Waals surface area contributed by atoms with Crippen LogP contribution in [0.4, 0.5) is 15.3 Å². The molecule has 0 saturated carbocycles. The SMILES string of the molecule is CCOC(=O)N1C(=O)n2c(nc3ccccc32)CN1c1cccc(Cl)c1. The van der Waals surface area contributed by atoms with Gasteiger partial charge in [-0.15, -0.1) is 5.01 Å². The smallest absolute Gasteiger partial charge is 0.437 e. The number of hydrogen-bond donors (Lipinski definition) is 0. The number of carbonyl (C=O) groups excluding carboxylic acids is 2. The summed E-state index contributed by atoms with van der Waals surface area (Å²) in [6.07, 6.45) is -0.749. The molecule has 2 aromatic carbocycles. The number of imide groups is 1. The van der Waals surface area contributed by atoms with Gasteiger partial charge < -0.3 is 4.74 Å². The van der Waals surface area contributed by atoms with Crippen molar-refractivity contribution in [1.29, 1.82) is 0 Å². The zero-order valence-electron chi connectivity index (χ0n) is 13.9. The molecule has 4 rings (SSSR count). The van der Waals surface area contributed by atoms with Crippen LogP contribution < -0.4 is 5.01 Å². The van der Waals surface area contributed by atoms with Crippen LogP contribution in [0.3, 0.4) is 0 Å². The molecule has 0 fully saturated rings. The van der Waals surface area contributed by atoms with Gasteiger partial charge in [-0.1, -0.05) is 29.8 Å². The fraction of sp³-hybridized carbons (Fsp3) is 0.167. The Morgan fingerprint density at radius 3 is 2.81 bits per heavy atom. The fourth-order valence-corrected chi connectivity index (χ4v) is 3.19. The second-order valence-corrected chi connectivity index (χ2v) is 6.12. The maximum absolute atomic E-state index is 13.2. The van der Waals surface area contributed by atoms with Crippen LogP contribution in [0.5, 0.6) is 0 Å². The maximum atomic E-state index is 13.2. The third-order valence-electron chi connectivity index (χ3n) is 4.08. The minimum Gasteiger partial charge on any atom is -0.448 e. The lowest BCUT2D eigenvalue weighted by molar-refractivity contribution is 0.107. The van der Waals surface area contributed by atoms with Crippen molar-refractivity contribution in [2.45, 2.75) is 13.5 Å². The van der Waals surface area contributed by atoms with E-state index in [1.165, 1.54) is 9.58 Å². The second-order valence-electron chi connectivity index (χ2n) is 5.68. The van der Waals surface area contributed by atoms with Crippen molar-refractivity contribution in [2.75, 3.05) is 11.6 Å². The third kappa shape index (κ3) is 2.57. The lowest BCUT2D eigenvalue weighted by atomic mass is 10.3. The molecule has 0 atom stereocenters. The second kappa shape index (κ2) is 6.34. The van der Waals surface area contributed by atoms with Gasteiger partial charge in [-0.25, -0.2) is 19.1 Å². The van der Waals surface area contributed by atoms with Gasteiger partial charge in [0.25, 0.3) is 0 Å². The highest BCUT2D eigenvalue weighted by Crippen LogP contribution is 2.29. The maximum Gasteiger partial charge on any atom is 0.437 e. The number of nitrogens with zero attached hydrogens (tertiary/aromatic N) is 4. The van der Waals surface area contributed by atoms with E-state index in [1.54, 1.807) is 37.3 Å². The molecular weight excluding hydrogens is 356 g/mol. The molecule has 0 bridgehead atoms. The third-order valence-corrected chi connectivity index (χ3v) is 4.32. The van der Waals surface area contributed by atoms with E-state index < -0.39 is 12.1 Å². The van der Waals surface area contributed by atoms with E-state index in [9.17, 15) is 9.59 Å². The molecule has 1 aliphatic heterocycles. The summed E-state index contributed by atoms with van der Waals surface area (Å²) in [5.74, 6) is 0.539. The number of hydrogen-bond acceptors (Lipinski definition) is 5. The number of ether oxygens (including phenoxy) is 1. The largest absolute Gasteiger partial charge is 0.448 e. The Morgan fingerprint density at radius 2 is 2.04 bits per heavy atom. The molecule has 0 unspecified atom stereocenters. The topological polar surface area (TPSA) is 67.7 Å². The van der Waals surface area contributed by atoms with Crippen LogP contribution >= 0.6 is 11.6 Å². The van der Waals surface area contributed by atoms with Crippen LogP contribution in [0.1, 0.15) is 12.7 Å². The Morgan fingerprint density at radius 1 is 1.23 bits per heavy atom. The number of anilines is 1. The minimum atomic E-state index is -0.749. The lowest BCUT2D eigenvalue weighted by Gasteiger charge is -2.37. The standard InChI is InChI=1S/C18H15ClN4O3/c1-2-26-18(25)23-17(24)22-15-9-4-3-8-14(15)20-16(22)11-21(23)13-7-5-6-12(19)10-13/h3-10H,2,11H2,1H3. The van der Waals surface area contributed by atoms with Crippen LogP contribution in [0, 0.1) is 0 Å². The highest BCUT2D eigenvalue weighted by Gasteiger charge is 2.38. The van der Waals surface area contributed by atoms with Crippen LogP contribution in [0.15, 0.2) is 48.5 Å². The van der Waals surface area contributed by atoms with Crippen molar-refractivity contribution in [1.82, 2.24) is 14.6 Å². The van der Waals surface area contributed by atoms with E-state index in [1.807, 2.05) is 18.2 Å². The molecule has 8 heteroatoms. The predicted octanol–water partition coefficient (Wildman–Crippen LogP) is 4.05. The first kappa shape index (κ1) is 16.4. The molecular formula is C18H15ClN4O3. The molecule has 0 N–H and O–H groups in total. The van der Waals surface area contributed by atoms with Gasteiger partial charge in [0, 0.05) is 5.02 Å². The molecule has 0 radical (unpaired) electrons. The number of carbonyl (C=O) groups is 2. The molecule has 1 aliphatic rings. The zero-order chi connectivity index (χ0) is 18.3. The quantitative estimate of drug-likeness (QED) is 0.680. The average molecular weight is 371 g/mol. The van der Waals surface area contributed by atoms with Crippen molar-refractivity contribution in [2.24, 2.45) is 0 Å². The summed E-state index contributed by atoms with van der Waals surface area (Å²) in [5.41, 5.74) is 1.93. The number of halogens is 1. The van der Waals surface area contributed by atoms with Crippen LogP contribution in [-0.4, -0.2) is 33.3 Å². The Bertz CT molecular complexity index is 1020. The Labute approximate surface area is 154 Å². The van der Waals surface area contributed by atoms with E-state index in [4.69, 9.17) is 16.3 Å². The highest BCUT2D eigenvalue weighted by molar-refractivity contribution is 6.30. The number of hydrazine groups is 1. The summed E-state index contributed by atoms with van der Waals surface area (Å²) in [6, 6.07) is 13.7. The summed E-state index contributed by atoms with van der Waals surface area (Å²) < 4.78 is 6.53. The average Bonchev–Trinajstić information content (AvgIpc) is 3.00. The molecule has 2 amide bonds. The van der Waals surface area contributed by atoms with Gasteiger partial charge in [0.2, 0.25) is 0 Å². The Balaban J connectivity index is 1.87. The Kier molecular flexibility index (Phi) is 4.00. The van der Waals surface area contributed by atoms with Gasteiger partial charge in [0.1, 0.15) is 5.82 Å². The number of benzene rings is 2. The van der Waals surface area contributed by atoms with E-state index in [0.29, 0.717) is 27.6 Å². The highest BCUT2D eigenvalue weighted by atomic mass is 35.5. The lowest BCUT2D eigenvalue weighted by Crippen LogP contribution is -2.55. The van der Waals surface area contributed by atoms with Gasteiger partial charge in [0.15, 0.2) is 0 Å². The first-order valence-electron chi connectivity index (χ1n) is 8.10. The van der Waals surface area contributed by atoms with E-state index in [2.05, 4.69) is 4.98 Å². The monoisotopic (exact) mass is 370 g/mol. The number of aromatic nitrogens is 2. The molecule has 2 heterocycles. The van der Waals surface area contributed by atoms with Gasteiger partial charge in [-0.3, -0.25) is 5.01 Å². The van der Waals surface area contributed by atoms with Crippen LogP contribution in [0.2, 0.25) is 5.02 Å². The molecule has 1 aromatic heterocycles. The Hall–Kier alpha value is -3.06. The van der Waals surface area contributed by atoms with Gasteiger partial charge >= 0.3 is 12.1 Å². The molecule has 7 nitrogen and oxygen atoms in total. The van der Waals surface area contributed by atoms with Crippen LogP contribution in [-0.2, 0) is 11.3 Å². The molecule has 0 saturated heterocycles.